The molecule has 1 aromatic carbocycles. The monoisotopic (exact) mass is 256 g/mol. The third-order valence-electron chi connectivity index (χ3n) is 3.41. The van der Waals surface area contributed by atoms with E-state index in [1.54, 1.807) is 11.2 Å². The molecule has 1 N–H and O–H groups in total. The van der Waals surface area contributed by atoms with Gasteiger partial charge in [0.2, 0.25) is 0 Å². The molecule has 2 heterocycles. The summed E-state index contributed by atoms with van der Waals surface area (Å²) in [4.78, 5) is 14.4. The third-order valence-corrected chi connectivity index (χ3v) is 3.41. The summed E-state index contributed by atoms with van der Waals surface area (Å²) in [7, 11) is 0. The lowest BCUT2D eigenvalue weighted by Crippen LogP contribution is -2.55. The summed E-state index contributed by atoms with van der Waals surface area (Å²) in [6.45, 7) is 4.44. The molecule has 0 unspecified atom stereocenters. The van der Waals surface area contributed by atoms with Crippen molar-refractivity contribution >= 4 is 11.6 Å². The van der Waals surface area contributed by atoms with Crippen LogP contribution in [0.1, 0.15) is 30.0 Å². The molecular formula is C15H16N2O2. The number of benzene rings is 1. The first-order chi connectivity index (χ1) is 9.08. The Kier molecular flexibility index (Phi) is 2.59. The van der Waals surface area contributed by atoms with Crippen LogP contribution in [0.3, 0.4) is 0 Å². The Morgan fingerprint density at radius 2 is 2.00 bits per heavy atom. The molecular weight excluding hydrogens is 240 g/mol. The van der Waals surface area contributed by atoms with Crippen molar-refractivity contribution in [2.45, 2.75) is 26.1 Å². The van der Waals surface area contributed by atoms with E-state index >= 15 is 0 Å². The standard InChI is InChI=1S/C15H16N2O2/c1-15(2)16-13-8-4-3-7-12(13)14(18)17(15)10-11-6-5-9-19-11/h3-9,16H,10H2,1-2H3. The SMILES string of the molecule is CC1(C)Nc2ccccc2C(=O)N1Cc1ccco1. The van der Waals surface area contributed by atoms with Crippen LogP contribution in [0.25, 0.3) is 0 Å². The van der Waals surface area contributed by atoms with Gasteiger partial charge in [-0.25, -0.2) is 0 Å². The minimum atomic E-state index is -0.446. The molecule has 2 aromatic rings. The molecule has 0 aliphatic carbocycles. The maximum atomic E-state index is 12.6. The molecule has 4 nitrogen and oxygen atoms in total. The number of rotatable bonds is 2. The zero-order valence-corrected chi connectivity index (χ0v) is 11.0. The number of amides is 1. The highest BCUT2D eigenvalue weighted by Gasteiger charge is 2.37. The van der Waals surface area contributed by atoms with Crippen molar-refractivity contribution in [3.63, 3.8) is 0 Å². The summed E-state index contributed by atoms with van der Waals surface area (Å²) in [6.07, 6.45) is 1.62. The minimum absolute atomic E-state index is 0.0238. The Hall–Kier alpha value is -2.23. The molecule has 1 aromatic heterocycles. The van der Waals surface area contributed by atoms with Gasteiger partial charge in [0.05, 0.1) is 18.4 Å². The lowest BCUT2D eigenvalue weighted by atomic mass is 10.0. The highest BCUT2D eigenvalue weighted by atomic mass is 16.3. The second kappa shape index (κ2) is 4.16. The van der Waals surface area contributed by atoms with Gasteiger partial charge in [-0.3, -0.25) is 4.79 Å². The average Bonchev–Trinajstić information content (AvgIpc) is 2.87. The largest absolute Gasteiger partial charge is 0.467 e. The molecule has 1 aliphatic rings. The van der Waals surface area contributed by atoms with Gasteiger partial charge in [0.15, 0.2) is 0 Å². The first-order valence-corrected chi connectivity index (χ1v) is 6.29. The summed E-state index contributed by atoms with van der Waals surface area (Å²) in [5.41, 5.74) is 1.14. The molecule has 0 spiro atoms. The third kappa shape index (κ3) is 1.99. The second-order valence-corrected chi connectivity index (χ2v) is 5.20. The predicted molar refractivity (Wildman–Crippen MR) is 72.7 cm³/mol. The Labute approximate surface area is 112 Å². The Morgan fingerprint density at radius 3 is 2.74 bits per heavy atom. The number of furan rings is 1. The predicted octanol–water partition coefficient (Wildman–Crippen LogP) is 3.08. The molecule has 0 radical (unpaired) electrons. The van der Waals surface area contributed by atoms with Crippen molar-refractivity contribution < 1.29 is 9.21 Å². The van der Waals surface area contributed by atoms with Crippen molar-refractivity contribution in [1.29, 1.82) is 0 Å². The van der Waals surface area contributed by atoms with Crippen LogP contribution in [0.15, 0.2) is 47.1 Å². The van der Waals surface area contributed by atoms with Gasteiger partial charge in [0.25, 0.3) is 5.91 Å². The van der Waals surface area contributed by atoms with Crippen molar-refractivity contribution in [1.82, 2.24) is 4.90 Å². The van der Waals surface area contributed by atoms with E-state index in [0.717, 1.165) is 11.4 Å². The number of para-hydroxylation sites is 1. The van der Waals surface area contributed by atoms with Crippen molar-refractivity contribution in [3.8, 4) is 0 Å². The van der Waals surface area contributed by atoms with Gasteiger partial charge < -0.3 is 14.6 Å². The molecule has 4 heteroatoms. The van der Waals surface area contributed by atoms with E-state index in [1.807, 2.05) is 50.2 Å². The van der Waals surface area contributed by atoms with Crippen LogP contribution in [-0.4, -0.2) is 16.5 Å². The van der Waals surface area contributed by atoms with Crippen LogP contribution >= 0.6 is 0 Å². The highest BCUT2D eigenvalue weighted by molar-refractivity contribution is 6.02. The lowest BCUT2D eigenvalue weighted by molar-refractivity contribution is 0.0532. The van der Waals surface area contributed by atoms with Crippen LogP contribution in [-0.2, 0) is 6.54 Å². The Bertz CT molecular complexity index is 602. The van der Waals surface area contributed by atoms with Gasteiger partial charge in [0.1, 0.15) is 11.4 Å². The number of fused-ring (bicyclic) bond motifs is 1. The first-order valence-electron chi connectivity index (χ1n) is 6.29. The fourth-order valence-electron chi connectivity index (χ4n) is 2.40. The normalized spacial score (nSPS) is 16.9. The van der Waals surface area contributed by atoms with Crippen molar-refractivity contribution in [2.75, 3.05) is 5.32 Å². The fourth-order valence-corrected chi connectivity index (χ4v) is 2.40. The van der Waals surface area contributed by atoms with E-state index < -0.39 is 5.66 Å². The maximum Gasteiger partial charge on any atom is 0.258 e. The van der Waals surface area contributed by atoms with E-state index in [-0.39, 0.29) is 5.91 Å². The summed E-state index contributed by atoms with van der Waals surface area (Å²) in [5, 5.41) is 3.39. The van der Waals surface area contributed by atoms with E-state index in [4.69, 9.17) is 4.42 Å². The molecule has 98 valence electrons. The van der Waals surface area contributed by atoms with Gasteiger partial charge in [-0.15, -0.1) is 0 Å². The molecule has 1 aliphatic heterocycles. The van der Waals surface area contributed by atoms with Gasteiger partial charge in [-0.1, -0.05) is 12.1 Å². The van der Waals surface area contributed by atoms with Crippen LogP contribution in [0.2, 0.25) is 0 Å². The molecule has 1 amide bonds. The van der Waals surface area contributed by atoms with E-state index in [2.05, 4.69) is 5.32 Å². The topological polar surface area (TPSA) is 45.5 Å². The number of hydrogen-bond acceptors (Lipinski definition) is 3. The summed E-state index contributed by atoms with van der Waals surface area (Å²) < 4.78 is 5.34. The van der Waals surface area contributed by atoms with Crippen LogP contribution in [0, 0.1) is 0 Å². The molecule has 0 saturated heterocycles. The number of nitrogens with zero attached hydrogens (tertiary/aromatic N) is 1. The second-order valence-electron chi connectivity index (χ2n) is 5.20. The summed E-state index contributed by atoms with van der Waals surface area (Å²) in [5.74, 6) is 0.804. The Morgan fingerprint density at radius 1 is 1.21 bits per heavy atom. The number of carbonyl (C=O) groups excluding carboxylic acids is 1. The molecule has 3 rings (SSSR count). The number of hydrogen-bond donors (Lipinski definition) is 1. The number of carbonyl (C=O) groups is 1. The van der Waals surface area contributed by atoms with E-state index in [0.29, 0.717) is 12.1 Å². The molecule has 0 bridgehead atoms. The first kappa shape index (κ1) is 11.8. The number of anilines is 1. The quantitative estimate of drug-likeness (QED) is 0.898. The van der Waals surface area contributed by atoms with E-state index in [9.17, 15) is 4.79 Å². The van der Waals surface area contributed by atoms with Gasteiger partial charge in [-0.2, -0.15) is 0 Å². The van der Waals surface area contributed by atoms with Crippen LogP contribution in [0.4, 0.5) is 5.69 Å². The maximum absolute atomic E-state index is 12.6. The van der Waals surface area contributed by atoms with E-state index in [1.165, 1.54) is 0 Å². The fraction of sp³-hybridized carbons (Fsp3) is 0.267. The zero-order chi connectivity index (χ0) is 13.5. The Balaban J connectivity index is 1.98. The van der Waals surface area contributed by atoms with Crippen molar-refractivity contribution in [3.05, 3.63) is 54.0 Å². The lowest BCUT2D eigenvalue weighted by Gasteiger charge is -2.43. The highest BCUT2D eigenvalue weighted by Crippen LogP contribution is 2.31. The van der Waals surface area contributed by atoms with Crippen LogP contribution in [0.5, 0.6) is 0 Å². The summed E-state index contributed by atoms with van der Waals surface area (Å²) >= 11 is 0. The van der Waals surface area contributed by atoms with Gasteiger partial charge in [-0.05, 0) is 38.1 Å². The minimum Gasteiger partial charge on any atom is -0.467 e. The average molecular weight is 256 g/mol. The zero-order valence-electron chi connectivity index (χ0n) is 11.0. The molecule has 19 heavy (non-hydrogen) atoms. The van der Waals surface area contributed by atoms with Crippen molar-refractivity contribution in [2.24, 2.45) is 0 Å². The smallest absolute Gasteiger partial charge is 0.258 e. The molecule has 0 saturated carbocycles. The molecule has 0 fully saturated rings. The van der Waals surface area contributed by atoms with Gasteiger partial charge in [0, 0.05) is 5.69 Å². The van der Waals surface area contributed by atoms with Gasteiger partial charge >= 0.3 is 0 Å². The number of nitrogens with one attached hydrogen (secondary N) is 1. The molecule has 0 atom stereocenters. The van der Waals surface area contributed by atoms with Crippen LogP contribution < -0.4 is 5.32 Å². The summed E-state index contributed by atoms with van der Waals surface area (Å²) in [6, 6.07) is 11.3.